The van der Waals surface area contributed by atoms with Gasteiger partial charge in [0.25, 0.3) is 0 Å². The van der Waals surface area contributed by atoms with Gasteiger partial charge in [-0.3, -0.25) is 9.89 Å². The van der Waals surface area contributed by atoms with Gasteiger partial charge in [-0.25, -0.2) is 0 Å². The molecule has 1 saturated heterocycles. The molecule has 1 aromatic carbocycles. The molecular weight excluding hydrogens is 374 g/mol. The minimum absolute atomic E-state index is 0.348. The van der Waals surface area contributed by atoms with E-state index in [1.807, 2.05) is 16.7 Å². The molecule has 0 saturated carbocycles. The van der Waals surface area contributed by atoms with Crippen LogP contribution in [0.5, 0.6) is 0 Å². The lowest BCUT2D eigenvalue weighted by Gasteiger charge is -2.40. The number of nitrogens with one attached hydrogen (secondary N) is 2. The van der Waals surface area contributed by atoms with Crippen LogP contribution >= 0.6 is 11.6 Å². The third kappa shape index (κ3) is 5.02. The standard InChI is InChI=1S/C20H30ClN7/c1-4-28-14-25-26-18(28)13-24-20(22-2)23-12-16-8-6-10-27(3)19(16)15-7-5-9-17(21)11-15/h5,7,9,11,14,16,19H,4,6,8,10,12-13H2,1-3H3,(H2,22,23,24). The summed E-state index contributed by atoms with van der Waals surface area (Å²) in [5, 5.41) is 15.8. The van der Waals surface area contributed by atoms with Crippen LogP contribution in [0.1, 0.15) is 37.2 Å². The summed E-state index contributed by atoms with van der Waals surface area (Å²) in [5.41, 5.74) is 1.28. The number of aryl methyl sites for hydroxylation is 1. The van der Waals surface area contributed by atoms with Gasteiger partial charge < -0.3 is 15.2 Å². The molecule has 0 aliphatic carbocycles. The van der Waals surface area contributed by atoms with Crippen molar-refractivity contribution in [2.75, 3.05) is 27.2 Å². The Morgan fingerprint density at radius 1 is 1.36 bits per heavy atom. The molecular formula is C20H30ClN7. The molecule has 2 unspecified atom stereocenters. The van der Waals surface area contributed by atoms with Gasteiger partial charge in [-0.15, -0.1) is 10.2 Å². The van der Waals surface area contributed by atoms with Gasteiger partial charge in [-0.05, 0) is 57.0 Å². The van der Waals surface area contributed by atoms with Crippen LogP contribution in [-0.2, 0) is 13.1 Å². The quantitative estimate of drug-likeness (QED) is 0.573. The molecule has 8 heteroatoms. The maximum Gasteiger partial charge on any atom is 0.191 e. The highest BCUT2D eigenvalue weighted by Gasteiger charge is 2.30. The zero-order valence-corrected chi connectivity index (χ0v) is 17.7. The Labute approximate surface area is 172 Å². The predicted octanol–water partition coefficient (Wildman–Crippen LogP) is 2.70. The smallest absolute Gasteiger partial charge is 0.191 e. The number of aromatic nitrogens is 3. The van der Waals surface area contributed by atoms with Crippen LogP contribution in [0.3, 0.4) is 0 Å². The van der Waals surface area contributed by atoms with E-state index < -0.39 is 0 Å². The third-order valence-corrected chi connectivity index (χ3v) is 5.64. The minimum atomic E-state index is 0.348. The molecule has 0 amide bonds. The average Bonchev–Trinajstić information content (AvgIpc) is 3.15. The number of likely N-dealkylation sites (tertiary alicyclic amines) is 1. The van der Waals surface area contributed by atoms with Crippen LogP contribution in [0.25, 0.3) is 0 Å². The van der Waals surface area contributed by atoms with E-state index in [9.17, 15) is 0 Å². The molecule has 1 fully saturated rings. The van der Waals surface area contributed by atoms with Crippen LogP contribution in [0.2, 0.25) is 5.02 Å². The van der Waals surface area contributed by atoms with Crippen LogP contribution in [0.15, 0.2) is 35.6 Å². The van der Waals surface area contributed by atoms with Crippen molar-refractivity contribution in [1.29, 1.82) is 0 Å². The summed E-state index contributed by atoms with van der Waals surface area (Å²) in [4.78, 5) is 6.79. The van der Waals surface area contributed by atoms with E-state index in [1.54, 1.807) is 13.4 Å². The van der Waals surface area contributed by atoms with E-state index >= 15 is 0 Å². The highest BCUT2D eigenvalue weighted by molar-refractivity contribution is 6.30. The highest BCUT2D eigenvalue weighted by atomic mass is 35.5. The zero-order chi connectivity index (χ0) is 19.9. The molecule has 2 N–H and O–H groups in total. The number of aliphatic imine (C=N–C) groups is 1. The van der Waals surface area contributed by atoms with Crippen molar-refractivity contribution in [3.63, 3.8) is 0 Å². The van der Waals surface area contributed by atoms with Crippen LogP contribution in [-0.4, -0.2) is 52.8 Å². The summed E-state index contributed by atoms with van der Waals surface area (Å²) in [6.07, 6.45) is 4.13. The molecule has 2 atom stereocenters. The first-order chi connectivity index (χ1) is 13.6. The van der Waals surface area contributed by atoms with Crippen molar-refractivity contribution in [2.45, 2.75) is 38.9 Å². The molecule has 2 heterocycles. The largest absolute Gasteiger partial charge is 0.356 e. The Hall–Kier alpha value is -2.12. The first-order valence-electron chi connectivity index (χ1n) is 9.89. The number of rotatable bonds is 6. The van der Waals surface area contributed by atoms with Crippen LogP contribution < -0.4 is 10.6 Å². The van der Waals surface area contributed by atoms with Gasteiger partial charge in [0, 0.05) is 31.2 Å². The average molecular weight is 404 g/mol. The van der Waals surface area contributed by atoms with Gasteiger partial charge in [-0.2, -0.15) is 0 Å². The van der Waals surface area contributed by atoms with Crippen LogP contribution in [0.4, 0.5) is 0 Å². The fraction of sp³-hybridized carbons (Fsp3) is 0.550. The highest BCUT2D eigenvalue weighted by Crippen LogP contribution is 2.35. The van der Waals surface area contributed by atoms with Gasteiger partial charge in [0.05, 0.1) is 6.54 Å². The number of nitrogens with zero attached hydrogens (tertiary/aromatic N) is 5. The molecule has 1 aromatic heterocycles. The first-order valence-corrected chi connectivity index (χ1v) is 10.3. The van der Waals surface area contributed by atoms with Crippen molar-refractivity contribution in [2.24, 2.45) is 10.9 Å². The molecule has 1 aliphatic rings. The third-order valence-electron chi connectivity index (χ3n) is 5.40. The van der Waals surface area contributed by atoms with E-state index in [-0.39, 0.29) is 0 Å². The Bertz CT molecular complexity index is 788. The van der Waals surface area contributed by atoms with E-state index in [0.29, 0.717) is 18.5 Å². The minimum Gasteiger partial charge on any atom is -0.356 e. The second kappa shape index (κ2) is 9.89. The molecule has 1 aliphatic heterocycles. The number of piperidine rings is 1. The second-order valence-electron chi connectivity index (χ2n) is 7.22. The molecule has 3 rings (SSSR count). The maximum absolute atomic E-state index is 6.25. The summed E-state index contributed by atoms with van der Waals surface area (Å²) < 4.78 is 2.02. The molecule has 7 nitrogen and oxygen atoms in total. The number of halogens is 1. The molecule has 0 spiro atoms. The number of hydrogen-bond donors (Lipinski definition) is 2. The number of hydrogen-bond acceptors (Lipinski definition) is 4. The van der Waals surface area contributed by atoms with E-state index in [4.69, 9.17) is 11.6 Å². The lowest BCUT2D eigenvalue weighted by Crippen LogP contribution is -2.45. The van der Waals surface area contributed by atoms with E-state index in [1.165, 1.54) is 18.4 Å². The Morgan fingerprint density at radius 3 is 2.96 bits per heavy atom. The lowest BCUT2D eigenvalue weighted by atomic mass is 9.85. The van der Waals surface area contributed by atoms with Gasteiger partial charge in [0.15, 0.2) is 11.8 Å². The summed E-state index contributed by atoms with van der Waals surface area (Å²) in [6.45, 7) is 5.48. The normalized spacial score (nSPS) is 20.9. The van der Waals surface area contributed by atoms with Gasteiger partial charge >= 0.3 is 0 Å². The van der Waals surface area contributed by atoms with E-state index in [2.05, 4.69) is 56.8 Å². The molecule has 2 aromatic rings. The second-order valence-corrected chi connectivity index (χ2v) is 7.66. The Balaban J connectivity index is 1.61. The SMILES string of the molecule is CCn1cnnc1CNC(=NC)NCC1CCCN(C)C1c1cccc(Cl)c1. The molecule has 0 bridgehead atoms. The monoisotopic (exact) mass is 403 g/mol. The maximum atomic E-state index is 6.25. The van der Waals surface area contributed by atoms with Gasteiger partial charge in [-0.1, -0.05) is 23.7 Å². The summed E-state index contributed by atoms with van der Waals surface area (Å²) in [6, 6.07) is 8.58. The van der Waals surface area contributed by atoms with Crippen molar-refractivity contribution in [1.82, 2.24) is 30.3 Å². The molecule has 28 heavy (non-hydrogen) atoms. The van der Waals surface area contributed by atoms with Crippen molar-refractivity contribution in [3.05, 3.63) is 47.0 Å². The van der Waals surface area contributed by atoms with Crippen molar-refractivity contribution >= 4 is 17.6 Å². The Kier molecular flexibility index (Phi) is 7.28. The van der Waals surface area contributed by atoms with Crippen molar-refractivity contribution in [3.8, 4) is 0 Å². The topological polar surface area (TPSA) is 70.4 Å². The summed E-state index contributed by atoms with van der Waals surface area (Å²) >= 11 is 6.25. The van der Waals surface area contributed by atoms with Crippen molar-refractivity contribution < 1.29 is 0 Å². The molecule has 152 valence electrons. The zero-order valence-electron chi connectivity index (χ0n) is 16.9. The number of guanidine groups is 1. The lowest BCUT2D eigenvalue weighted by molar-refractivity contribution is 0.122. The Morgan fingerprint density at radius 2 is 2.21 bits per heavy atom. The van der Waals surface area contributed by atoms with Gasteiger partial charge in [0.2, 0.25) is 0 Å². The van der Waals surface area contributed by atoms with Gasteiger partial charge in [0.1, 0.15) is 6.33 Å². The fourth-order valence-electron chi connectivity index (χ4n) is 3.98. The fourth-order valence-corrected chi connectivity index (χ4v) is 4.18. The predicted molar refractivity (Wildman–Crippen MR) is 113 cm³/mol. The molecule has 0 radical (unpaired) electrons. The number of benzene rings is 1. The first kappa shape index (κ1) is 20.6. The summed E-state index contributed by atoms with van der Waals surface area (Å²) in [5.74, 6) is 2.17. The van der Waals surface area contributed by atoms with Crippen LogP contribution in [0, 0.1) is 5.92 Å². The summed E-state index contributed by atoms with van der Waals surface area (Å²) in [7, 11) is 3.99. The van der Waals surface area contributed by atoms with E-state index in [0.717, 1.165) is 36.4 Å².